The monoisotopic (exact) mass is 303 g/mol. The fourth-order valence-electron chi connectivity index (χ4n) is 2.15. The molecule has 6 nitrogen and oxygen atoms in total. The third kappa shape index (κ3) is 3.04. The van der Waals surface area contributed by atoms with E-state index in [1.807, 2.05) is 48.5 Å². The van der Waals surface area contributed by atoms with Crippen LogP contribution in [0.5, 0.6) is 11.5 Å². The lowest BCUT2D eigenvalue weighted by Crippen LogP contribution is -2.05. The molecule has 0 aliphatic heterocycles. The lowest BCUT2D eigenvalue weighted by molar-refractivity contribution is 0.483. The Morgan fingerprint density at radius 1 is 0.913 bits per heavy atom. The van der Waals surface area contributed by atoms with Gasteiger partial charge in [0.15, 0.2) is 0 Å². The van der Waals surface area contributed by atoms with Crippen LogP contribution in [-0.4, -0.2) is 9.97 Å². The third-order valence-corrected chi connectivity index (χ3v) is 3.15. The zero-order valence-corrected chi connectivity index (χ0v) is 12.1. The zero-order chi connectivity index (χ0) is 16.2. The topological polar surface area (TPSA) is 111 Å². The van der Waals surface area contributed by atoms with Crippen molar-refractivity contribution in [3.63, 3.8) is 0 Å². The minimum Gasteiger partial charge on any atom is -0.457 e. The van der Waals surface area contributed by atoms with E-state index in [4.69, 9.17) is 16.2 Å². The Hall–Kier alpha value is -3.59. The van der Waals surface area contributed by atoms with E-state index >= 15 is 0 Å². The quantitative estimate of drug-likeness (QED) is 0.769. The summed E-state index contributed by atoms with van der Waals surface area (Å²) < 4.78 is 5.79. The molecule has 0 radical (unpaired) electrons. The van der Waals surface area contributed by atoms with Gasteiger partial charge in [0.2, 0.25) is 5.95 Å². The molecule has 2 aromatic carbocycles. The summed E-state index contributed by atoms with van der Waals surface area (Å²) in [6.45, 7) is 0. The van der Waals surface area contributed by atoms with Gasteiger partial charge in [0, 0.05) is 5.56 Å². The van der Waals surface area contributed by atoms with Gasteiger partial charge in [-0.05, 0) is 24.3 Å². The zero-order valence-electron chi connectivity index (χ0n) is 12.1. The smallest absolute Gasteiger partial charge is 0.222 e. The van der Waals surface area contributed by atoms with E-state index in [9.17, 15) is 5.26 Å². The standard InChI is InChI=1S/C17H13N5O/c18-10-14-15(21-17(20)22-16(14)19)11-5-4-8-13(9-11)23-12-6-2-1-3-7-12/h1-9H,(H4,19,20,21,22). The predicted octanol–water partition coefficient (Wildman–Crippen LogP) is 2.97. The lowest BCUT2D eigenvalue weighted by atomic mass is 10.1. The van der Waals surface area contributed by atoms with E-state index in [1.54, 1.807) is 12.1 Å². The average molecular weight is 303 g/mol. The SMILES string of the molecule is N#Cc1c(N)nc(N)nc1-c1cccc(Oc2ccccc2)c1. The molecular weight excluding hydrogens is 290 g/mol. The maximum absolute atomic E-state index is 9.27. The first-order valence-corrected chi connectivity index (χ1v) is 6.84. The highest BCUT2D eigenvalue weighted by Crippen LogP contribution is 2.29. The molecule has 0 aliphatic carbocycles. The number of nitrogens with zero attached hydrogens (tertiary/aromatic N) is 3. The van der Waals surface area contributed by atoms with Gasteiger partial charge in [0.05, 0.1) is 5.69 Å². The maximum Gasteiger partial charge on any atom is 0.222 e. The van der Waals surface area contributed by atoms with Gasteiger partial charge in [-0.1, -0.05) is 30.3 Å². The second-order valence-corrected chi connectivity index (χ2v) is 4.75. The number of anilines is 2. The van der Waals surface area contributed by atoms with Crippen LogP contribution in [-0.2, 0) is 0 Å². The molecule has 1 heterocycles. The summed E-state index contributed by atoms with van der Waals surface area (Å²) in [4.78, 5) is 7.94. The van der Waals surface area contributed by atoms with Crippen LogP contribution in [0, 0.1) is 11.3 Å². The van der Waals surface area contributed by atoms with Crippen molar-refractivity contribution in [2.45, 2.75) is 0 Å². The normalized spacial score (nSPS) is 10.0. The Balaban J connectivity index is 2.02. The van der Waals surface area contributed by atoms with Gasteiger partial charge in [0.1, 0.15) is 28.9 Å². The van der Waals surface area contributed by atoms with Crippen LogP contribution < -0.4 is 16.2 Å². The van der Waals surface area contributed by atoms with Crippen molar-refractivity contribution in [1.82, 2.24) is 9.97 Å². The summed E-state index contributed by atoms with van der Waals surface area (Å²) in [6, 6.07) is 18.6. The van der Waals surface area contributed by atoms with E-state index in [-0.39, 0.29) is 17.3 Å². The first-order valence-electron chi connectivity index (χ1n) is 6.84. The summed E-state index contributed by atoms with van der Waals surface area (Å²) in [7, 11) is 0. The highest BCUT2D eigenvalue weighted by Gasteiger charge is 2.13. The molecule has 0 unspecified atom stereocenters. The number of nitriles is 1. The van der Waals surface area contributed by atoms with Gasteiger partial charge in [-0.2, -0.15) is 10.2 Å². The van der Waals surface area contributed by atoms with Crippen molar-refractivity contribution >= 4 is 11.8 Å². The Morgan fingerprint density at radius 2 is 1.65 bits per heavy atom. The number of para-hydroxylation sites is 1. The van der Waals surface area contributed by atoms with Gasteiger partial charge >= 0.3 is 0 Å². The minimum atomic E-state index is 0.0193. The van der Waals surface area contributed by atoms with Crippen LogP contribution >= 0.6 is 0 Å². The highest BCUT2D eigenvalue weighted by molar-refractivity contribution is 5.73. The van der Waals surface area contributed by atoms with Crippen LogP contribution in [0.2, 0.25) is 0 Å². The molecule has 0 fully saturated rings. The summed E-state index contributed by atoms with van der Waals surface area (Å²) >= 11 is 0. The summed E-state index contributed by atoms with van der Waals surface area (Å²) in [6.07, 6.45) is 0. The second kappa shape index (κ2) is 6.03. The average Bonchev–Trinajstić information content (AvgIpc) is 2.55. The number of nitrogens with two attached hydrogens (primary N) is 2. The van der Waals surface area contributed by atoms with E-state index in [0.29, 0.717) is 22.8 Å². The Bertz CT molecular complexity index is 887. The van der Waals surface area contributed by atoms with Gasteiger partial charge < -0.3 is 16.2 Å². The van der Waals surface area contributed by atoms with Crippen LogP contribution in [0.4, 0.5) is 11.8 Å². The van der Waals surface area contributed by atoms with Gasteiger partial charge in [-0.3, -0.25) is 0 Å². The molecule has 0 spiro atoms. The van der Waals surface area contributed by atoms with E-state index in [2.05, 4.69) is 9.97 Å². The van der Waals surface area contributed by atoms with Gasteiger partial charge in [-0.25, -0.2) is 4.98 Å². The fraction of sp³-hybridized carbons (Fsp3) is 0. The van der Waals surface area contributed by atoms with E-state index in [1.165, 1.54) is 0 Å². The van der Waals surface area contributed by atoms with Gasteiger partial charge in [0.25, 0.3) is 0 Å². The van der Waals surface area contributed by atoms with Crippen molar-refractivity contribution in [3.05, 3.63) is 60.2 Å². The molecule has 4 N–H and O–H groups in total. The maximum atomic E-state index is 9.27. The van der Waals surface area contributed by atoms with Crippen molar-refractivity contribution in [2.75, 3.05) is 11.5 Å². The third-order valence-electron chi connectivity index (χ3n) is 3.15. The number of ether oxygens (including phenoxy) is 1. The molecule has 0 atom stereocenters. The van der Waals surface area contributed by atoms with Crippen molar-refractivity contribution in [1.29, 1.82) is 5.26 Å². The summed E-state index contributed by atoms with van der Waals surface area (Å²) in [5.41, 5.74) is 12.6. The molecule has 1 aromatic heterocycles. The molecule has 3 aromatic rings. The Kier molecular flexibility index (Phi) is 3.77. The van der Waals surface area contributed by atoms with Gasteiger partial charge in [-0.15, -0.1) is 0 Å². The van der Waals surface area contributed by atoms with Crippen molar-refractivity contribution in [2.24, 2.45) is 0 Å². The molecule has 112 valence electrons. The first kappa shape index (κ1) is 14.4. The molecule has 0 saturated heterocycles. The largest absolute Gasteiger partial charge is 0.457 e. The van der Waals surface area contributed by atoms with Crippen LogP contribution in [0.15, 0.2) is 54.6 Å². The lowest BCUT2D eigenvalue weighted by Gasteiger charge is -2.09. The Labute approximate surface area is 133 Å². The molecule has 0 saturated carbocycles. The summed E-state index contributed by atoms with van der Waals surface area (Å²) in [5, 5.41) is 9.27. The molecule has 0 aliphatic rings. The number of benzene rings is 2. The second-order valence-electron chi connectivity index (χ2n) is 4.75. The van der Waals surface area contributed by atoms with E-state index in [0.717, 1.165) is 0 Å². The van der Waals surface area contributed by atoms with Crippen molar-refractivity contribution in [3.8, 4) is 28.8 Å². The number of aromatic nitrogens is 2. The highest BCUT2D eigenvalue weighted by atomic mass is 16.5. The first-order chi connectivity index (χ1) is 11.2. The number of hydrogen-bond acceptors (Lipinski definition) is 6. The van der Waals surface area contributed by atoms with Crippen LogP contribution in [0.25, 0.3) is 11.3 Å². The molecule has 0 bridgehead atoms. The fourth-order valence-corrected chi connectivity index (χ4v) is 2.15. The molecule has 0 amide bonds. The van der Waals surface area contributed by atoms with Crippen LogP contribution in [0.3, 0.4) is 0 Å². The Morgan fingerprint density at radius 3 is 2.39 bits per heavy atom. The molecular formula is C17H13N5O. The summed E-state index contributed by atoms with van der Waals surface area (Å²) in [5.74, 6) is 1.41. The molecule has 23 heavy (non-hydrogen) atoms. The number of nitrogen functional groups attached to an aromatic ring is 2. The van der Waals surface area contributed by atoms with Crippen LogP contribution in [0.1, 0.15) is 5.56 Å². The van der Waals surface area contributed by atoms with Crippen molar-refractivity contribution < 1.29 is 4.74 Å². The molecule has 6 heteroatoms. The number of hydrogen-bond donors (Lipinski definition) is 2. The molecule has 3 rings (SSSR count). The predicted molar refractivity (Wildman–Crippen MR) is 87.5 cm³/mol. The minimum absolute atomic E-state index is 0.0193. The van der Waals surface area contributed by atoms with E-state index < -0.39 is 0 Å². The number of rotatable bonds is 3.